The van der Waals surface area contributed by atoms with Crippen LogP contribution in [-0.4, -0.2) is 16.7 Å². The molecule has 160 valence electrons. The van der Waals surface area contributed by atoms with E-state index >= 15 is 0 Å². The van der Waals surface area contributed by atoms with E-state index in [0.717, 1.165) is 11.8 Å². The molecule has 31 heavy (non-hydrogen) atoms. The van der Waals surface area contributed by atoms with Gasteiger partial charge in [-0.2, -0.15) is 0 Å². The van der Waals surface area contributed by atoms with Gasteiger partial charge in [0.2, 0.25) is 0 Å². The standard InChI is InChI=1S/C24H23F2N3O2/c1-13-20(23(31)29-16-8-7-14(25)10-15(16)26)22(17-6-4-5-9-27-17)21-18(28-13)11-24(2,3)12-19(21)30/h4-10,22,28H,11-12H2,1-3H3,(H,29,31). The third-order valence-electron chi connectivity index (χ3n) is 5.65. The first-order valence-electron chi connectivity index (χ1n) is 10.1. The molecule has 1 atom stereocenters. The normalized spacial score (nSPS) is 20.3. The van der Waals surface area contributed by atoms with Crippen molar-refractivity contribution >= 4 is 17.4 Å². The molecule has 0 spiro atoms. The molecule has 7 heteroatoms. The van der Waals surface area contributed by atoms with E-state index in [-0.39, 0.29) is 22.5 Å². The van der Waals surface area contributed by atoms with Crippen LogP contribution in [0.15, 0.2) is 65.1 Å². The maximum absolute atomic E-state index is 14.1. The molecule has 2 aliphatic rings. The second kappa shape index (κ2) is 7.72. The highest BCUT2D eigenvalue weighted by atomic mass is 19.1. The van der Waals surface area contributed by atoms with E-state index in [1.165, 1.54) is 6.07 Å². The number of hydrogen-bond acceptors (Lipinski definition) is 4. The van der Waals surface area contributed by atoms with Gasteiger partial charge in [0, 0.05) is 41.2 Å². The fraction of sp³-hybridized carbons (Fsp3) is 0.292. The monoisotopic (exact) mass is 423 g/mol. The second-order valence-corrected chi connectivity index (χ2v) is 8.76. The molecule has 1 aliphatic carbocycles. The molecule has 1 aliphatic heterocycles. The average Bonchev–Trinajstić information content (AvgIpc) is 2.68. The molecule has 2 N–H and O–H groups in total. The Morgan fingerprint density at radius 2 is 1.97 bits per heavy atom. The van der Waals surface area contributed by atoms with Gasteiger partial charge >= 0.3 is 0 Å². The molecule has 0 saturated heterocycles. The van der Waals surface area contributed by atoms with E-state index in [1.807, 2.05) is 13.8 Å². The second-order valence-electron chi connectivity index (χ2n) is 8.76. The van der Waals surface area contributed by atoms with Crippen molar-refractivity contribution in [3.63, 3.8) is 0 Å². The topological polar surface area (TPSA) is 71.1 Å². The van der Waals surface area contributed by atoms with Crippen molar-refractivity contribution in [2.24, 2.45) is 5.41 Å². The van der Waals surface area contributed by atoms with Gasteiger partial charge in [-0.1, -0.05) is 19.9 Å². The molecule has 0 radical (unpaired) electrons. The van der Waals surface area contributed by atoms with Crippen molar-refractivity contribution in [2.45, 2.75) is 39.5 Å². The Hall–Kier alpha value is -3.35. The average molecular weight is 423 g/mol. The van der Waals surface area contributed by atoms with Crippen molar-refractivity contribution in [1.29, 1.82) is 0 Å². The van der Waals surface area contributed by atoms with Crippen LogP contribution < -0.4 is 10.6 Å². The SMILES string of the molecule is CC1=C(C(=O)Nc2ccc(F)cc2F)C(c2ccccn2)C2=C(CC(C)(C)CC2=O)N1. The van der Waals surface area contributed by atoms with Crippen LogP contribution in [0.5, 0.6) is 0 Å². The Morgan fingerprint density at radius 3 is 2.65 bits per heavy atom. The molecule has 1 aromatic heterocycles. The van der Waals surface area contributed by atoms with Gasteiger partial charge in [0.1, 0.15) is 11.6 Å². The van der Waals surface area contributed by atoms with Crippen molar-refractivity contribution in [3.8, 4) is 0 Å². The zero-order chi connectivity index (χ0) is 22.3. The number of hydrogen-bond donors (Lipinski definition) is 2. The number of Topliss-reactive ketones (excluding diaryl/α,β-unsaturated/α-hetero) is 1. The summed E-state index contributed by atoms with van der Waals surface area (Å²) in [5, 5.41) is 5.76. The lowest BCUT2D eigenvalue weighted by molar-refractivity contribution is -0.118. The van der Waals surface area contributed by atoms with Crippen LogP contribution in [0, 0.1) is 17.0 Å². The van der Waals surface area contributed by atoms with Crippen LogP contribution >= 0.6 is 0 Å². The van der Waals surface area contributed by atoms with Crippen molar-refractivity contribution in [3.05, 3.63) is 82.5 Å². The summed E-state index contributed by atoms with van der Waals surface area (Å²) in [6.07, 6.45) is 2.63. The van der Waals surface area contributed by atoms with Gasteiger partial charge in [-0.3, -0.25) is 14.6 Å². The molecule has 0 bridgehead atoms. The minimum atomic E-state index is -0.875. The lowest BCUT2D eigenvalue weighted by atomic mass is 9.69. The Labute approximate surface area is 179 Å². The fourth-order valence-corrected chi connectivity index (χ4v) is 4.36. The number of anilines is 1. The Balaban J connectivity index is 1.79. The number of pyridine rings is 1. The zero-order valence-electron chi connectivity index (χ0n) is 17.6. The van der Waals surface area contributed by atoms with Crippen LogP contribution in [0.2, 0.25) is 0 Å². The molecular formula is C24H23F2N3O2. The van der Waals surface area contributed by atoms with Gasteiger partial charge in [-0.15, -0.1) is 0 Å². The minimum Gasteiger partial charge on any atom is -0.362 e. The number of amides is 1. The third-order valence-corrected chi connectivity index (χ3v) is 5.65. The van der Waals surface area contributed by atoms with Crippen LogP contribution in [0.25, 0.3) is 0 Å². The number of aromatic nitrogens is 1. The molecule has 0 saturated carbocycles. The van der Waals surface area contributed by atoms with Crippen molar-refractivity contribution < 1.29 is 18.4 Å². The Bertz CT molecular complexity index is 1140. The number of ketones is 1. The zero-order valence-corrected chi connectivity index (χ0v) is 17.6. The maximum Gasteiger partial charge on any atom is 0.254 e. The Kier molecular flexibility index (Phi) is 5.21. The predicted molar refractivity (Wildman–Crippen MR) is 113 cm³/mol. The number of allylic oxidation sites excluding steroid dienone is 3. The lowest BCUT2D eigenvalue weighted by Crippen LogP contribution is -2.39. The quantitative estimate of drug-likeness (QED) is 0.757. The van der Waals surface area contributed by atoms with E-state index in [0.29, 0.717) is 35.9 Å². The van der Waals surface area contributed by atoms with Crippen LogP contribution in [0.1, 0.15) is 45.2 Å². The summed E-state index contributed by atoms with van der Waals surface area (Å²) < 4.78 is 27.4. The largest absolute Gasteiger partial charge is 0.362 e. The molecule has 2 aromatic rings. The molecule has 1 amide bonds. The van der Waals surface area contributed by atoms with Gasteiger partial charge in [0.15, 0.2) is 5.78 Å². The first-order chi connectivity index (χ1) is 14.7. The van der Waals surface area contributed by atoms with Gasteiger partial charge in [0.05, 0.1) is 17.3 Å². The number of carbonyl (C=O) groups excluding carboxylic acids is 2. The van der Waals surface area contributed by atoms with Gasteiger partial charge < -0.3 is 10.6 Å². The first-order valence-corrected chi connectivity index (χ1v) is 10.1. The summed E-state index contributed by atoms with van der Waals surface area (Å²) in [5.41, 5.74) is 2.40. The molecular weight excluding hydrogens is 400 g/mol. The van der Waals surface area contributed by atoms with Crippen LogP contribution in [0.3, 0.4) is 0 Å². The molecule has 2 heterocycles. The molecule has 0 fully saturated rings. The van der Waals surface area contributed by atoms with Gasteiger partial charge in [-0.25, -0.2) is 8.78 Å². The summed E-state index contributed by atoms with van der Waals surface area (Å²) in [4.78, 5) is 30.9. The van der Waals surface area contributed by atoms with Crippen LogP contribution in [-0.2, 0) is 9.59 Å². The number of nitrogens with zero attached hydrogens (tertiary/aromatic N) is 1. The highest BCUT2D eigenvalue weighted by Crippen LogP contribution is 2.46. The number of rotatable bonds is 3. The third kappa shape index (κ3) is 4.00. The van der Waals surface area contributed by atoms with E-state index in [1.54, 1.807) is 31.3 Å². The summed E-state index contributed by atoms with van der Waals surface area (Å²) in [5.74, 6) is -2.90. The maximum atomic E-state index is 14.1. The summed E-state index contributed by atoms with van der Waals surface area (Å²) in [6, 6.07) is 8.28. The Morgan fingerprint density at radius 1 is 1.19 bits per heavy atom. The number of carbonyl (C=O) groups is 2. The summed E-state index contributed by atoms with van der Waals surface area (Å²) in [6.45, 7) is 5.82. The highest BCUT2D eigenvalue weighted by molar-refractivity contribution is 6.09. The summed E-state index contributed by atoms with van der Waals surface area (Å²) in [7, 11) is 0. The van der Waals surface area contributed by atoms with E-state index in [9.17, 15) is 18.4 Å². The van der Waals surface area contributed by atoms with Crippen molar-refractivity contribution in [2.75, 3.05) is 5.32 Å². The highest BCUT2D eigenvalue weighted by Gasteiger charge is 2.43. The molecule has 4 rings (SSSR count). The van der Waals surface area contributed by atoms with Gasteiger partial charge in [-0.05, 0) is 43.0 Å². The fourth-order valence-electron chi connectivity index (χ4n) is 4.36. The number of benzene rings is 1. The van der Waals surface area contributed by atoms with Crippen LogP contribution in [0.4, 0.5) is 14.5 Å². The summed E-state index contributed by atoms with van der Waals surface area (Å²) >= 11 is 0. The van der Waals surface area contributed by atoms with E-state index < -0.39 is 23.5 Å². The number of nitrogens with one attached hydrogen (secondary N) is 2. The van der Waals surface area contributed by atoms with E-state index in [4.69, 9.17) is 0 Å². The number of halogens is 2. The van der Waals surface area contributed by atoms with E-state index in [2.05, 4.69) is 15.6 Å². The molecule has 1 unspecified atom stereocenters. The minimum absolute atomic E-state index is 0.0415. The lowest BCUT2D eigenvalue weighted by Gasteiger charge is -2.39. The van der Waals surface area contributed by atoms with Gasteiger partial charge in [0.25, 0.3) is 5.91 Å². The molecule has 1 aromatic carbocycles. The smallest absolute Gasteiger partial charge is 0.254 e. The number of dihydropyridines is 1. The first kappa shape index (κ1) is 20.9. The molecule has 5 nitrogen and oxygen atoms in total. The van der Waals surface area contributed by atoms with Crippen molar-refractivity contribution in [1.82, 2.24) is 10.3 Å². The predicted octanol–water partition coefficient (Wildman–Crippen LogP) is 4.60.